The van der Waals surface area contributed by atoms with Crippen LogP contribution in [0.1, 0.15) is 11.3 Å². The Morgan fingerprint density at radius 1 is 1.38 bits per heavy atom. The Labute approximate surface area is 120 Å². The summed E-state index contributed by atoms with van der Waals surface area (Å²) < 4.78 is 10.4. The largest absolute Gasteiger partial charge is 0.496 e. The highest BCUT2D eigenvalue weighted by Gasteiger charge is 2.16. The zero-order valence-corrected chi connectivity index (χ0v) is 11.1. The summed E-state index contributed by atoms with van der Waals surface area (Å²) in [6.45, 7) is 0.102. The second-order valence-corrected chi connectivity index (χ2v) is 4.04. The van der Waals surface area contributed by atoms with Gasteiger partial charge in [-0.15, -0.1) is 0 Å². The average molecular weight is 285 g/mol. The normalized spacial score (nSPS) is 9.71. The van der Waals surface area contributed by atoms with Gasteiger partial charge in [-0.3, -0.25) is 10.1 Å². The van der Waals surface area contributed by atoms with Gasteiger partial charge in [-0.1, -0.05) is 0 Å². The molecule has 21 heavy (non-hydrogen) atoms. The van der Waals surface area contributed by atoms with E-state index in [4.69, 9.17) is 14.7 Å². The van der Waals surface area contributed by atoms with Crippen LogP contribution in [-0.4, -0.2) is 17.0 Å². The molecular formula is C14H11N3O4. The monoisotopic (exact) mass is 285 g/mol. The third kappa shape index (κ3) is 3.45. The number of pyridine rings is 1. The first-order chi connectivity index (χ1) is 10.1. The maximum Gasteiger partial charge on any atom is 0.314 e. The maximum absolute atomic E-state index is 11.0. The van der Waals surface area contributed by atoms with E-state index in [1.807, 2.05) is 6.07 Å². The molecule has 0 N–H and O–H groups in total. The smallest absolute Gasteiger partial charge is 0.314 e. The number of methoxy groups -OCH3 is 1. The highest BCUT2D eigenvalue weighted by molar-refractivity contribution is 5.51. The molecular weight excluding hydrogens is 274 g/mol. The van der Waals surface area contributed by atoms with Crippen molar-refractivity contribution in [3.63, 3.8) is 0 Å². The van der Waals surface area contributed by atoms with E-state index in [-0.39, 0.29) is 23.7 Å². The molecule has 0 spiro atoms. The fourth-order valence-corrected chi connectivity index (χ4v) is 1.68. The first-order valence-corrected chi connectivity index (χ1v) is 5.94. The Kier molecular flexibility index (Phi) is 4.31. The fraction of sp³-hybridized carbons (Fsp3) is 0.143. The van der Waals surface area contributed by atoms with Gasteiger partial charge in [-0.25, -0.2) is 4.98 Å². The Balaban J connectivity index is 2.19. The first-order valence-electron chi connectivity index (χ1n) is 5.94. The lowest BCUT2D eigenvalue weighted by Crippen LogP contribution is -2.00. The standard InChI is InChI=1S/C14H11N3O4/c1-20-12-2-3-14(13(7-12)17(18)19)21-9-10-4-5-16-11(6-10)8-15/h2-7H,9H2,1H3. The highest BCUT2D eigenvalue weighted by Crippen LogP contribution is 2.31. The minimum Gasteiger partial charge on any atom is -0.496 e. The van der Waals surface area contributed by atoms with Gasteiger partial charge in [0, 0.05) is 6.20 Å². The van der Waals surface area contributed by atoms with Crippen molar-refractivity contribution in [2.24, 2.45) is 0 Å². The summed E-state index contributed by atoms with van der Waals surface area (Å²) in [5.74, 6) is 0.515. The molecule has 1 heterocycles. The number of hydrogen-bond acceptors (Lipinski definition) is 6. The number of nitriles is 1. The lowest BCUT2D eigenvalue weighted by atomic mass is 10.2. The van der Waals surface area contributed by atoms with E-state index in [0.29, 0.717) is 11.3 Å². The molecule has 7 heteroatoms. The van der Waals surface area contributed by atoms with Crippen LogP contribution in [0.3, 0.4) is 0 Å². The van der Waals surface area contributed by atoms with Crippen LogP contribution in [-0.2, 0) is 6.61 Å². The number of ether oxygens (including phenoxy) is 2. The number of aromatic nitrogens is 1. The van der Waals surface area contributed by atoms with Crippen molar-refractivity contribution in [3.05, 3.63) is 57.9 Å². The maximum atomic E-state index is 11.0. The van der Waals surface area contributed by atoms with Crippen molar-refractivity contribution in [2.75, 3.05) is 7.11 Å². The Morgan fingerprint density at radius 2 is 2.19 bits per heavy atom. The van der Waals surface area contributed by atoms with Gasteiger partial charge < -0.3 is 9.47 Å². The molecule has 1 aromatic carbocycles. The van der Waals surface area contributed by atoms with E-state index < -0.39 is 4.92 Å². The number of nitro groups is 1. The molecule has 0 saturated carbocycles. The van der Waals surface area contributed by atoms with Crippen LogP contribution in [0.4, 0.5) is 5.69 Å². The van der Waals surface area contributed by atoms with Gasteiger partial charge in [0.1, 0.15) is 24.1 Å². The molecule has 0 amide bonds. The van der Waals surface area contributed by atoms with E-state index in [0.717, 1.165) is 0 Å². The van der Waals surface area contributed by atoms with Gasteiger partial charge in [-0.05, 0) is 29.8 Å². The second kappa shape index (κ2) is 6.34. The first kappa shape index (κ1) is 14.3. The van der Waals surface area contributed by atoms with E-state index in [2.05, 4.69) is 4.98 Å². The summed E-state index contributed by atoms with van der Waals surface area (Å²) in [6.07, 6.45) is 1.49. The van der Waals surface area contributed by atoms with Crippen LogP contribution < -0.4 is 9.47 Å². The van der Waals surface area contributed by atoms with Crippen LogP contribution in [0, 0.1) is 21.4 Å². The van der Waals surface area contributed by atoms with Crippen LogP contribution in [0.2, 0.25) is 0 Å². The number of benzene rings is 1. The fourth-order valence-electron chi connectivity index (χ4n) is 1.68. The Bertz CT molecular complexity index is 710. The number of nitrogens with zero attached hydrogens (tertiary/aromatic N) is 3. The number of rotatable bonds is 5. The molecule has 1 aromatic heterocycles. The molecule has 2 aromatic rings. The predicted octanol–water partition coefficient (Wildman–Crippen LogP) is 2.45. The minimum absolute atomic E-state index is 0.102. The molecule has 0 fully saturated rings. The zero-order valence-electron chi connectivity index (χ0n) is 11.1. The third-order valence-corrected chi connectivity index (χ3v) is 2.70. The minimum atomic E-state index is -0.537. The molecule has 2 rings (SSSR count). The summed E-state index contributed by atoms with van der Waals surface area (Å²) in [5.41, 5.74) is 0.788. The van der Waals surface area contributed by atoms with E-state index in [9.17, 15) is 10.1 Å². The van der Waals surface area contributed by atoms with E-state index in [1.54, 1.807) is 18.2 Å². The van der Waals surface area contributed by atoms with Gasteiger partial charge >= 0.3 is 5.69 Å². The van der Waals surface area contributed by atoms with Crippen molar-refractivity contribution < 1.29 is 14.4 Å². The van der Waals surface area contributed by atoms with Crippen LogP contribution in [0.15, 0.2) is 36.5 Å². The molecule has 7 nitrogen and oxygen atoms in total. The van der Waals surface area contributed by atoms with E-state index in [1.165, 1.54) is 25.4 Å². The van der Waals surface area contributed by atoms with Gasteiger partial charge in [0.05, 0.1) is 18.1 Å². The summed E-state index contributed by atoms with van der Waals surface area (Å²) >= 11 is 0. The number of hydrogen-bond donors (Lipinski definition) is 0. The third-order valence-electron chi connectivity index (χ3n) is 2.70. The molecule has 0 saturated heterocycles. The molecule has 0 bridgehead atoms. The second-order valence-electron chi connectivity index (χ2n) is 4.04. The molecule has 0 aliphatic rings. The molecule has 0 radical (unpaired) electrons. The van der Waals surface area contributed by atoms with Gasteiger partial charge in [0.25, 0.3) is 0 Å². The SMILES string of the molecule is COc1ccc(OCc2ccnc(C#N)c2)c([N+](=O)[O-])c1. The van der Waals surface area contributed by atoms with Crippen LogP contribution in [0.25, 0.3) is 0 Å². The molecule has 0 unspecified atom stereocenters. The average Bonchev–Trinajstić information content (AvgIpc) is 2.52. The van der Waals surface area contributed by atoms with Crippen molar-refractivity contribution in [1.29, 1.82) is 5.26 Å². The van der Waals surface area contributed by atoms with Crippen LogP contribution >= 0.6 is 0 Å². The topological polar surface area (TPSA) is 98.3 Å². The van der Waals surface area contributed by atoms with Gasteiger partial charge in [-0.2, -0.15) is 5.26 Å². The van der Waals surface area contributed by atoms with Crippen molar-refractivity contribution in [1.82, 2.24) is 4.98 Å². The summed E-state index contributed by atoms with van der Waals surface area (Å²) in [4.78, 5) is 14.3. The Morgan fingerprint density at radius 3 is 2.86 bits per heavy atom. The summed E-state index contributed by atoms with van der Waals surface area (Å²) in [6, 6.07) is 9.51. The van der Waals surface area contributed by atoms with Crippen molar-refractivity contribution in [2.45, 2.75) is 6.61 Å². The predicted molar refractivity (Wildman–Crippen MR) is 72.9 cm³/mol. The highest BCUT2D eigenvalue weighted by atomic mass is 16.6. The lowest BCUT2D eigenvalue weighted by molar-refractivity contribution is -0.386. The molecule has 0 aliphatic heterocycles. The zero-order chi connectivity index (χ0) is 15.2. The van der Waals surface area contributed by atoms with E-state index >= 15 is 0 Å². The van der Waals surface area contributed by atoms with Crippen LogP contribution in [0.5, 0.6) is 11.5 Å². The Hall–Kier alpha value is -3.14. The number of nitro benzene ring substituents is 1. The summed E-state index contributed by atoms with van der Waals surface area (Å²) in [5, 5.41) is 19.8. The molecule has 106 valence electrons. The lowest BCUT2D eigenvalue weighted by Gasteiger charge is -2.08. The van der Waals surface area contributed by atoms with Crippen molar-refractivity contribution >= 4 is 5.69 Å². The quantitative estimate of drug-likeness (QED) is 0.618. The molecule has 0 aliphatic carbocycles. The van der Waals surface area contributed by atoms with Crippen molar-refractivity contribution in [3.8, 4) is 17.6 Å². The van der Waals surface area contributed by atoms with Gasteiger partial charge in [0.15, 0.2) is 5.75 Å². The molecule has 0 atom stereocenters. The summed E-state index contributed by atoms with van der Waals surface area (Å²) in [7, 11) is 1.43. The van der Waals surface area contributed by atoms with Gasteiger partial charge in [0.2, 0.25) is 0 Å².